The van der Waals surface area contributed by atoms with Gasteiger partial charge < -0.3 is 20.4 Å². The fourth-order valence-electron chi connectivity index (χ4n) is 3.44. The van der Waals surface area contributed by atoms with Gasteiger partial charge in [0.15, 0.2) is 0 Å². The molecule has 8 heteroatoms. The first-order chi connectivity index (χ1) is 14.9. The first-order valence-electron chi connectivity index (χ1n) is 10.2. The van der Waals surface area contributed by atoms with E-state index in [4.69, 9.17) is 0 Å². The summed E-state index contributed by atoms with van der Waals surface area (Å²) in [5, 5.41) is 40.7. The molecule has 0 amide bonds. The number of hydrogen-bond acceptors (Lipinski definition) is 6. The SMILES string of the molecule is Cc1c(F)ccc(CC(O)[C@H](O)C(=O)C(=O)[C@H](O)C(O)Cc2ccc(F)c(C)c2C)c1C. The molecule has 0 aliphatic carbocycles. The number of ketones is 2. The lowest BCUT2D eigenvalue weighted by Crippen LogP contribution is -2.47. The molecule has 0 radical (unpaired) electrons. The minimum Gasteiger partial charge on any atom is -0.390 e. The standard InChI is InChI=1S/C24H28F2O6/c1-11-13(3)17(25)7-5-15(11)9-19(27)21(29)23(31)24(32)22(30)20(28)10-16-6-8-18(26)14(4)12(16)2/h5-8,19-22,27-30H,9-10H2,1-4H3/t19?,20?,21-,22+. The number of rotatable bonds is 9. The number of Topliss-reactive ketones (excluding diaryl/α,β-unsaturated/α-hetero) is 2. The number of benzene rings is 2. The molecule has 2 unspecified atom stereocenters. The molecule has 2 aromatic rings. The number of hydrogen-bond donors (Lipinski definition) is 4. The van der Waals surface area contributed by atoms with Gasteiger partial charge in [0.2, 0.25) is 11.6 Å². The topological polar surface area (TPSA) is 115 Å². The maximum atomic E-state index is 13.6. The van der Waals surface area contributed by atoms with E-state index in [1.54, 1.807) is 27.7 Å². The van der Waals surface area contributed by atoms with Gasteiger partial charge in [-0.25, -0.2) is 8.78 Å². The fourth-order valence-corrected chi connectivity index (χ4v) is 3.44. The third kappa shape index (κ3) is 5.45. The van der Waals surface area contributed by atoms with E-state index in [2.05, 4.69) is 0 Å². The summed E-state index contributed by atoms with van der Waals surface area (Å²) in [7, 11) is 0. The largest absolute Gasteiger partial charge is 0.390 e. The van der Waals surface area contributed by atoms with Crippen molar-refractivity contribution < 1.29 is 38.8 Å². The third-order valence-electron chi connectivity index (χ3n) is 6.03. The Kier molecular flexibility index (Phi) is 8.36. The monoisotopic (exact) mass is 450 g/mol. The Bertz CT molecular complexity index is 939. The molecular weight excluding hydrogens is 422 g/mol. The molecule has 0 aliphatic rings. The Morgan fingerprint density at radius 3 is 1.28 bits per heavy atom. The van der Waals surface area contributed by atoms with Crippen molar-refractivity contribution >= 4 is 11.6 Å². The third-order valence-corrected chi connectivity index (χ3v) is 6.03. The maximum absolute atomic E-state index is 13.6. The van der Waals surface area contributed by atoms with Crippen molar-refractivity contribution in [3.8, 4) is 0 Å². The number of carbonyl (C=O) groups excluding carboxylic acids is 2. The first kappa shape index (κ1) is 25.7. The van der Waals surface area contributed by atoms with Gasteiger partial charge in [-0.05, 0) is 73.2 Å². The van der Waals surface area contributed by atoms with Gasteiger partial charge in [-0.1, -0.05) is 12.1 Å². The van der Waals surface area contributed by atoms with Gasteiger partial charge in [-0.15, -0.1) is 0 Å². The van der Waals surface area contributed by atoms with E-state index < -0.39 is 47.6 Å². The van der Waals surface area contributed by atoms with Crippen LogP contribution in [0.5, 0.6) is 0 Å². The van der Waals surface area contributed by atoms with Crippen LogP contribution in [0.2, 0.25) is 0 Å². The first-order valence-corrected chi connectivity index (χ1v) is 10.2. The van der Waals surface area contributed by atoms with Crippen LogP contribution in [0, 0.1) is 39.3 Å². The fraction of sp³-hybridized carbons (Fsp3) is 0.417. The lowest BCUT2D eigenvalue weighted by molar-refractivity contribution is -0.152. The summed E-state index contributed by atoms with van der Waals surface area (Å²) in [5.41, 5.74) is 2.76. The molecule has 2 rings (SSSR count). The van der Waals surface area contributed by atoms with Crippen LogP contribution in [0.25, 0.3) is 0 Å². The van der Waals surface area contributed by atoms with E-state index >= 15 is 0 Å². The highest BCUT2D eigenvalue weighted by molar-refractivity contribution is 6.40. The summed E-state index contributed by atoms with van der Waals surface area (Å²) >= 11 is 0. The molecule has 0 bridgehead atoms. The lowest BCUT2D eigenvalue weighted by Gasteiger charge is -2.21. The van der Waals surface area contributed by atoms with Gasteiger partial charge in [0.25, 0.3) is 0 Å². The van der Waals surface area contributed by atoms with Crippen molar-refractivity contribution in [2.24, 2.45) is 0 Å². The smallest absolute Gasteiger partial charge is 0.232 e. The van der Waals surface area contributed by atoms with Crippen molar-refractivity contribution in [2.45, 2.75) is 65.0 Å². The summed E-state index contributed by atoms with van der Waals surface area (Å²) in [6.07, 6.45) is -8.07. The molecule has 0 aliphatic heterocycles. The average molecular weight is 450 g/mol. The molecule has 0 aromatic heterocycles. The molecule has 0 spiro atoms. The highest BCUT2D eigenvalue weighted by Gasteiger charge is 2.36. The van der Waals surface area contributed by atoms with E-state index in [1.807, 2.05) is 0 Å². The predicted octanol–water partition coefficient (Wildman–Crippen LogP) is 1.57. The minimum absolute atomic E-state index is 0.222. The Hall–Kier alpha value is -2.52. The van der Waals surface area contributed by atoms with Crippen LogP contribution < -0.4 is 0 Å². The van der Waals surface area contributed by atoms with Crippen molar-refractivity contribution in [3.05, 3.63) is 69.3 Å². The molecule has 4 N–H and O–H groups in total. The van der Waals surface area contributed by atoms with Crippen LogP contribution >= 0.6 is 0 Å². The van der Waals surface area contributed by atoms with Crippen molar-refractivity contribution in [2.75, 3.05) is 0 Å². The number of halogens is 2. The van der Waals surface area contributed by atoms with E-state index in [9.17, 15) is 38.8 Å². The van der Waals surface area contributed by atoms with Crippen molar-refractivity contribution in [3.63, 3.8) is 0 Å². The van der Waals surface area contributed by atoms with Gasteiger partial charge in [0.1, 0.15) is 23.8 Å². The second-order valence-corrected chi connectivity index (χ2v) is 8.07. The van der Waals surface area contributed by atoms with Crippen LogP contribution in [0.15, 0.2) is 24.3 Å². The van der Waals surface area contributed by atoms with E-state index in [-0.39, 0.29) is 12.8 Å². The molecule has 0 saturated carbocycles. The number of carbonyl (C=O) groups is 2. The van der Waals surface area contributed by atoms with Gasteiger partial charge in [-0.3, -0.25) is 9.59 Å². The molecule has 0 fully saturated rings. The zero-order valence-corrected chi connectivity index (χ0v) is 18.4. The molecule has 0 saturated heterocycles. The summed E-state index contributed by atoms with van der Waals surface area (Å²) in [6.45, 7) is 6.35. The zero-order valence-electron chi connectivity index (χ0n) is 18.4. The Balaban J connectivity index is 2.07. The van der Waals surface area contributed by atoms with E-state index in [1.165, 1.54) is 24.3 Å². The van der Waals surface area contributed by atoms with Crippen LogP contribution in [-0.4, -0.2) is 56.4 Å². The Morgan fingerprint density at radius 2 is 0.969 bits per heavy atom. The van der Waals surface area contributed by atoms with Gasteiger partial charge in [-0.2, -0.15) is 0 Å². The van der Waals surface area contributed by atoms with Crippen LogP contribution in [-0.2, 0) is 22.4 Å². The highest BCUT2D eigenvalue weighted by Crippen LogP contribution is 2.21. The number of aliphatic hydroxyl groups excluding tert-OH is 4. The van der Waals surface area contributed by atoms with Crippen LogP contribution in [0.4, 0.5) is 8.78 Å². The van der Waals surface area contributed by atoms with Gasteiger partial charge in [0, 0.05) is 12.8 Å². The quantitative estimate of drug-likeness (QED) is 0.431. The summed E-state index contributed by atoms with van der Waals surface area (Å²) in [5.74, 6) is -3.77. The van der Waals surface area contributed by atoms with Crippen molar-refractivity contribution in [1.82, 2.24) is 0 Å². The second kappa shape index (κ2) is 10.4. The molecule has 6 nitrogen and oxygen atoms in total. The highest BCUT2D eigenvalue weighted by atomic mass is 19.1. The van der Waals surface area contributed by atoms with E-state index in [0.29, 0.717) is 33.4 Å². The Morgan fingerprint density at radius 1 is 0.656 bits per heavy atom. The second-order valence-electron chi connectivity index (χ2n) is 8.07. The van der Waals surface area contributed by atoms with E-state index in [0.717, 1.165) is 0 Å². The Labute approximate surface area is 185 Å². The summed E-state index contributed by atoms with van der Waals surface area (Å²) < 4.78 is 27.2. The molecule has 4 atom stereocenters. The summed E-state index contributed by atoms with van der Waals surface area (Å²) in [6, 6.07) is 5.21. The molecule has 174 valence electrons. The zero-order chi connectivity index (χ0) is 24.3. The number of aliphatic hydroxyl groups is 4. The molecule has 2 aromatic carbocycles. The predicted molar refractivity (Wildman–Crippen MR) is 113 cm³/mol. The average Bonchev–Trinajstić information content (AvgIpc) is 2.77. The normalized spacial score (nSPS) is 15.2. The molecule has 0 heterocycles. The minimum atomic E-state index is -2.14. The lowest BCUT2D eigenvalue weighted by atomic mass is 9.91. The van der Waals surface area contributed by atoms with Gasteiger partial charge >= 0.3 is 0 Å². The summed E-state index contributed by atoms with van der Waals surface area (Å²) in [4.78, 5) is 24.6. The maximum Gasteiger partial charge on any atom is 0.232 e. The molecule has 32 heavy (non-hydrogen) atoms. The van der Waals surface area contributed by atoms with Crippen molar-refractivity contribution in [1.29, 1.82) is 0 Å². The molecular formula is C24H28F2O6. The van der Waals surface area contributed by atoms with Crippen LogP contribution in [0.3, 0.4) is 0 Å². The van der Waals surface area contributed by atoms with Crippen LogP contribution in [0.1, 0.15) is 33.4 Å². The van der Waals surface area contributed by atoms with Gasteiger partial charge in [0.05, 0.1) is 12.2 Å².